The molecule has 2 aliphatic rings. The molecule has 2 fully saturated rings. The van der Waals surface area contributed by atoms with Crippen LogP contribution in [0.3, 0.4) is 0 Å². The van der Waals surface area contributed by atoms with Gasteiger partial charge in [-0.2, -0.15) is 0 Å². The van der Waals surface area contributed by atoms with E-state index in [2.05, 4.69) is 9.72 Å². The fourth-order valence-corrected chi connectivity index (χ4v) is 3.83. The number of fused-ring (bicyclic) bond motifs is 1. The molecule has 1 N–H and O–H groups in total. The normalized spacial score (nSPS) is 25.4. The maximum absolute atomic E-state index is 11.8. The Morgan fingerprint density at radius 1 is 1.50 bits per heavy atom. The van der Waals surface area contributed by atoms with E-state index in [1.54, 1.807) is 4.90 Å². The zero-order chi connectivity index (χ0) is 17.5. The van der Waals surface area contributed by atoms with E-state index < -0.39 is 22.3 Å². The summed E-state index contributed by atoms with van der Waals surface area (Å²) < 4.78 is 4.60. The number of aliphatic carboxylic acids is 1. The fraction of sp³-hybridized carbons (Fsp3) is 0.533. The largest absolute Gasteiger partial charge is 0.481 e. The topological polar surface area (TPSA) is 123 Å². The Balaban J connectivity index is 2.01. The van der Waals surface area contributed by atoms with Gasteiger partial charge in [-0.15, -0.1) is 0 Å². The molecule has 0 radical (unpaired) electrons. The van der Waals surface area contributed by atoms with E-state index in [1.807, 2.05) is 0 Å². The SMILES string of the molecule is COC(=O)c1ccc([N+](=O)[O-])c(N2C[C@@H]3CCC[C@@]3(C(=O)O)C2)n1. The van der Waals surface area contributed by atoms with Crippen LogP contribution in [-0.2, 0) is 9.53 Å². The summed E-state index contributed by atoms with van der Waals surface area (Å²) >= 11 is 0. The highest BCUT2D eigenvalue weighted by Crippen LogP contribution is 2.50. The lowest BCUT2D eigenvalue weighted by atomic mass is 9.81. The molecular weight excluding hydrogens is 318 g/mol. The number of esters is 1. The number of hydrogen-bond acceptors (Lipinski definition) is 7. The van der Waals surface area contributed by atoms with E-state index in [0.717, 1.165) is 12.8 Å². The smallest absolute Gasteiger partial charge is 0.356 e. The highest BCUT2D eigenvalue weighted by atomic mass is 16.6. The molecule has 0 amide bonds. The molecule has 2 atom stereocenters. The number of carbonyl (C=O) groups is 2. The van der Waals surface area contributed by atoms with Crippen molar-refractivity contribution < 1.29 is 24.4 Å². The molecule has 1 saturated carbocycles. The highest BCUT2D eigenvalue weighted by molar-refractivity contribution is 5.88. The van der Waals surface area contributed by atoms with Crippen molar-refractivity contribution in [2.75, 3.05) is 25.1 Å². The molecule has 1 saturated heterocycles. The second-order valence-electron chi connectivity index (χ2n) is 6.22. The molecule has 9 nitrogen and oxygen atoms in total. The quantitative estimate of drug-likeness (QED) is 0.498. The first-order chi connectivity index (χ1) is 11.4. The molecule has 9 heteroatoms. The van der Waals surface area contributed by atoms with Gasteiger partial charge in [0.05, 0.1) is 17.4 Å². The number of ether oxygens (including phenoxy) is 1. The summed E-state index contributed by atoms with van der Waals surface area (Å²) in [5.41, 5.74) is -1.18. The molecule has 1 aliphatic carbocycles. The Bertz CT molecular complexity index is 721. The van der Waals surface area contributed by atoms with Crippen LogP contribution in [0.4, 0.5) is 11.5 Å². The monoisotopic (exact) mass is 335 g/mol. The number of nitro groups is 1. The van der Waals surface area contributed by atoms with Gasteiger partial charge >= 0.3 is 17.6 Å². The van der Waals surface area contributed by atoms with Gasteiger partial charge in [0.2, 0.25) is 5.82 Å². The van der Waals surface area contributed by atoms with Crippen LogP contribution in [0.2, 0.25) is 0 Å². The Morgan fingerprint density at radius 2 is 2.25 bits per heavy atom. The number of anilines is 1. The zero-order valence-electron chi connectivity index (χ0n) is 13.1. The first-order valence-electron chi connectivity index (χ1n) is 7.61. The summed E-state index contributed by atoms with van der Waals surface area (Å²) in [4.78, 5) is 39.8. The number of carboxylic acids is 1. The Labute approximate surface area is 137 Å². The maximum Gasteiger partial charge on any atom is 0.356 e. The van der Waals surface area contributed by atoms with E-state index in [4.69, 9.17) is 0 Å². The summed E-state index contributed by atoms with van der Waals surface area (Å²) in [6.45, 7) is 0.538. The number of nitrogens with zero attached hydrogens (tertiary/aromatic N) is 3. The molecule has 0 spiro atoms. The molecule has 0 bridgehead atoms. The predicted molar refractivity (Wildman–Crippen MR) is 81.9 cm³/mol. The average Bonchev–Trinajstić information content (AvgIpc) is 3.11. The second-order valence-corrected chi connectivity index (χ2v) is 6.22. The molecular formula is C15H17N3O6. The average molecular weight is 335 g/mol. The summed E-state index contributed by atoms with van der Waals surface area (Å²) in [5, 5.41) is 20.9. The van der Waals surface area contributed by atoms with E-state index in [9.17, 15) is 24.8 Å². The van der Waals surface area contributed by atoms with E-state index in [-0.39, 0.29) is 29.7 Å². The van der Waals surface area contributed by atoms with Gasteiger partial charge in [0.1, 0.15) is 0 Å². The first-order valence-corrected chi connectivity index (χ1v) is 7.61. The Kier molecular flexibility index (Phi) is 3.86. The minimum atomic E-state index is -0.892. The third-order valence-corrected chi connectivity index (χ3v) is 5.04. The van der Waals surface area contributed by atoms with Crippen molar-refractivity contribution in [3.63, 3.8) is 0 Å². The summed E-state index contributed by atoms with van der Waals surface area (Å²) in [6, 6.07) is 2.44. The molecule has 0 unspecified atom stereocenters. The Hall–Kier alpha value is -2.71. The minimum Gasteiger partial charge on any atom is -0.481 e. The van der Waals surface area contributed by atoms with Gasteiger partial charge in [0.15, 0.2) is 5.69 Å². The number of carbonyl (C=O) groups excluding carboxylic acids is 1. The van der Waals surface area contributed by atoms with Crippen LogP contribution in [0, 0.1) is 21.4 Å². The van der Waals surface area contributed by atoms with Crippen LogP contribution in [0.5, 0.6) is 0 Å². The standard InChI is InChI=1S/C15H17N3O6/c1-24-13(19)10-4-5-11(18(22)23)12(16-10)17-7-9-3-2-6-15(9,8-17)14(20)21/h4-5,9H,2-3,6-8H2,1H3,(H,20,21)/t9-,15+/m0/s1. The van der Waals surface area contributed by atoms with Crippen LogP contribution in [0.25, 0.3) is 0 Å². The predicted octanol–water partition coefficient (Wildman–Crippen LogP) is 1.47. The van der Waals surface area contributed by atoms with Gasteiger partial charge in [0, 0.05) is 19.2 Å². The molecule has 1 aromatic heterocycles. The summed E-state index contributed by atoms with van der Waals surface area (Å²) in [5.74, 6) is -1.62. The van der Waals surface area contributed by atoms with Gasteiger partial charge in [0.25, 0.3) is 0 Å². The van der Waals surface area contributed by atoms with Gasteiger partial charge in [-0.3, -0.25) is 14.9 Å². The Morgan fingerprint density at radius 3 is 2.83 bits per heavy atom. The first kappa shape index (κ1) is 16.2. The van der Waals surface area contributed by atoms with Crippen LogP contribution in [0.1, 0.15) is 29.8 Å². The number of carboxylic acid groups (broad SMARTS) is 1. The van der Waals surface area contributed by atoms with Crippen molar-refractivity contribution in [1.82, 2.24) is 4.98 Å². The number of aromatic nitrogens is 1. The third-order valence-electron chi connectivity index (χ3n) is 5.04. The van der Waals surface area contributed by atoms with E-state index >= 15 is 0 Å². The van der Waals surface area contributed by atoms with Crippen LogP contribution in [-0.4, -0.2) is 47.2 Å². The van der Waals surface area contributed by atoms with E-state index in [0.29, 0.717) is 13.0 Å². The van der Waals surface area contributed by atoms with Crippen molar-refractivity contribution in [2.24, 2.45) is 11.3 Å². The number of hydrogen-bond donors (Lipinski definition) is 1. The van der Waals surface area contributed by atoms with Crippen molar-refractivity contribution in [2.45, 2.75) is 19.3 Å². The molecule has 1 aromatic rings. The number of methoxy groups -OCH3 is 1. The van der Waals surface area contributed by atoms with Crippen molar-refractivity contribution in [3.8, 4) is 0 Å². The van der Waals surface area contributed by atoms with Crippen LogP contribution >= 0.6 is 0 Å². The second kappa shape index (κ2) is 5.73. The molecule has 2 heterocycles. The van der Waals surface area contributed by atoms with Crippen molar-refractivity contribution in [3.05, 3.63) is 27.9 Å². The van der Waals surface area contributed by atoms with Crippen LogP contribution < -0.4 is 4.90 Å². The fourth-order valence-electron chi connectivity index (χ4n) is 3.83. The third kappa shape index (κ3) is 2.36. The molecule has 24 heavy (non-hydrogen) atoms. The lowest BCUT2D eigenvalue weighted by molar-refractivity contribution is -0.384. The molecule has 0 aromatic carbocycles. The summed E-state index contributed by atoms with van der Waals surface area (Å²) in [7, 11) is 1.20. The van der Waals surface area contributed by atoms with E-state index in [1.165, 1.54) is 19.2 Å². The van der Waals surface area contributed by atoms with Gasteiger partial charge in [-0.05, 0) is 24.8 Å². The lowest BCUT2D eigenvalue weighted by Crippen LogP contribution is -2.36. The summed E-state index contributed by atoms with van der Waals surface area (Å²) in [6.07, 6.45) is 2.16. The number of pyridine rings is 1. The molecule has 128 valence electrons. The van der Waals surface area contributed by atoms with Gasteiger partial charge in [-0.25, -0.2) is 9.78 Å². The number of rotatable bonds is 4. The minimum absolute atomic E-state index is 0.0259. The van der Waals surface area contributed by atoms with Crippen molar-refractivity contribution >= 4 is 23.4 Å². The lowest BCUT2D eigenvalue weighted by Gasteiger charge is -2.23. The van der Waals surface area contributed by atoms with Crippen molar-refractivity contribution in [1.29, 1.82) is 0 Å². The molecule has 3 rings (SSSR count). The van der Waals surface area contributed by atoms with Gasteiger partial charge < -0.3 is 14.7 Å². The highest BCUT2D eigenvalue weighted by Gasteiger charge is 2.55. The van der Waals surface area contributed by atoms with Gasteiger partial charge in [-0.1, -0.05) is 6.42 Å². The molecule has 1 aliphatic heterocycles. The maximum atomic E-state index is 11.8. The van der Waals surface area contributed by atoms with Crippen LogP contribution in [0.15, 0.2) is 12.1 Å². The zero-order valence-corrected chi connectivity index (χ0v) is 13.1.